The molecule has 6 nitrogen and oxygen atoms in total. The second-order valence-corrected chi connectivity index (χ2v) is 5.05. The molecule has 0 bridgehead atoms. The Hall–Kier alpha value is -3.20. The van der Waals surface area contributed by atoms with E-state index in [1.807, 2.05) is 31.2 Å². The topological polar surface area (TPSA) is 111 Å². The molecule has 0 saturated carbocycles. The molecule has 0 amide bonds. The number of pyridine rings is 1. The Bertz CT molecular complexity index is 822. The number of hydrogen-bond acceptors (Lipinski definition) is 5. The van der Waals surface area contributed by atoms with E-state index in [0.717, 1.165) is 5.56 Å². The summed E-state index contributed by atoms with van der Waals surface area (Å²) >= 11 is 0. The van der Waals surface area contributed by atoms with E-state index >= 15 is 0 Å². The van der Waals surface area contributed by atoms with Gasteiger partial charge in [-0.05, 0) is 19.1 Å². The van der Waals surface area contributed by atoms with Crippen molar-refractivity contribution in [3.63, 3.8) is 0 Å². The smallest absolute Gasteiger partial charge is 0.303 e. The zero-order valence-corrected chi connectivity index (χ0v) is 12.4. The van der Waals surface area contributed by atoms with Crippen LogP contribution in [-0.2, 0) is 4.79 Å². The molecule has 2 aromatic rings. The van der Waals surface area contributed by atoms with Crippen LogP contribution in [0.5, 0.6) is 5.75 Å². The van der Waals surface area contributed by atoms with Crippen LogP contribution in [0, 0.1) is 18.3 Å². The Labute approximate surface area is 132 Å². The summed E-state index contributed by atoms with van der Waals surface area (Å²) < 4.78 is 0. The van der Waals surface area contributed by atoms with Gasteiger partial charge in [0.2, 0.25) is 0 Å². The van der Waals surface area contributed by atoms with Gasteiger partial charge in [0.25, 0.3) is 0 Å². The first-order valence-corrected chi connectivity index (χ1v) is 6.88. The monoisotopic (exact) mass is 310 g/mol. The number of rotatable bonds is 5. The van der Waals surface area contributed by atoms with E-state index < -0.39 is 17.5 Å². The number of carboxylic acids is 1. The van der Waals surface area contributed by atoms with Crippen LogP contribution in [0.2, 0.25) is 0 Å². The summed E-state index contributed by atoms with van der Waals surface area (Å²) in [5, 5.41) is 27.8. The SMILES string of the molecule is Cc1cccc(-c2cc(C#N)c(O)c(C(=O)CCC(=O)O)n2)c1. The third-order valence-corrected chi connectivity index (χ3v) is 3.26. The minimum absolute atomic E-state index is 0.0739. The third kappa shape index (κ3) is 3.71. The number of carboxylic acid groups (broad SMARTS) is 1. The van der Waals surface area contributed by atoms with Crippen LogP contribution < -0.4 is 0 Å². The molecule has 0 unspecified atom stereocenters. The molecule has 1 heterocycles. The van der Waals surface area contributed by atoms with E-state index in [-0.39, 0.29) is 24.1 Å². The number of aromatic hydroxyl groups is 1. The normalized spacial score (nSPS) is 10.1. The first-order chi connectivity index (χ1) is 10.9. The number of ketones is 1. The first-order valence-electron chi connectivity index (χ1n) is 6.88. The Morgan fingerprint density at radius 3 is 2.61 bits per heavy atom. The molecule has 0 aliphatic carbocycles. The lowest BCUT2D eigenvalue weighted by molar-refractivity contribution is -0.136. The van der Waals surface area contributed by atoms with Gasteiger partial charge >= 0.3 is 5.97 Å². The van der Waals surface area contributed by atoms with Crippen molar-refractivity contribution < 1.29 is 19.8 Å². The molecule has 2 N–H and O–H groups in total. The quantitative estimate of drug-likeness (QED) is 0.821. The van der Waals surface area contributed by atoms with Crippen molar-refractivity contribution in [2.75, 3.05) is 0 Å². The molecule has 2 rings (SSSR count). The van der Waals surface area contributed by atoms with Crippen molar-refractivity contribution in [2.24, 2.45) is 0 Å². The zero-order chi connectivity index (χ0) is 17.0. The van der Waals surface area contributed by atoms with Crippen molar-refractivity contribution >= 4 is 11.8 Å². The van der Waals surface area contributed by atoms with Crippen molar-refractivity contribution in [3.8, 4) is 23.1 Å². The fraction of sp³-hybridized carbons (Fsp3) is 0.176. The lowest BCUT2D eigenvalue weighted by Crippen LogP contribution is -2.08. The molecule has 0 atom stereocenters. The summed E-state index contributed by atoms with van der Waals surface area (Å²) in [6.45, 7) is 1.90. The fourth-order valence-corrected chi connectivity index (χ4v) is 2.11. The van der Waals surface area contributed by atoms with Gasteiger partial charge in [-0.25, -0.2) is 4.98 Å². The second-order valence-electron chi connectivity index (χ2n) is 5.05. The largest absolute Gasteiger partial charge is 0.504 e. The molecule has 0 fully saturated rings. The van der Waals surface area contributed by atoms with Gasteiger partial charge in [-0.2, -0.15) is 5.26 Å². The number of hydrogen-bond donors (Lipinski definition) is 2. The molecule has 1 aromatic carbocycles. The molecular weight excluding hydrogens is 296 g/mol. The van der Waals surface area contributed by atoms with E-state index in [4.69, 9.17) is 10.4 Å². The summed E-state index contributed by atoms with van der Waals surface area (Å²) in [7, 11) is 0. The number of nitriles is 1. The fourth-order valence-electron chi connectivity index (χ4n) is 2.11. The van der Waals surface area contributed by atoms with Crippen LogP contribution in [0.4, 0.5) is 0 Å². The lowest BCUT2D eigenvalue weighted by Gasteiger charge is -2.08. The highest BCUT2D eigenvalue weighted by molar-refractivity contribution is 5.99. The van der Waals surface area contributed by atoms with Gasteiger partial charge in [-0.3, -0.25) is 9.59 Å². The maximum Gasteiger partial charge on any atom is 0.303 e. The lowest BCUT2D eigenvalue weighted by atomic mass is 10.0. The minimum Gasteiger partial charge on any atom is -0.504 e. The van der Waals surface area contributed by atoms with E-state index in [0.29, 0.717) is 11.3 Å². The Balaban J connectivity index is 2.50. The number of Topliss-reactive ketones (excluding diaryl/α,β-unsaturated/α-hetero) is 1. The molecule has 116 valence electrons. The van der Waals surface area contributed by atoms with Gasteiger partial charge in [0.05, 0.1) is 17.7 Å². The highest BCUT2D eigenvalue weighted by atomic mass is 16.4. The number of aryl methyl sites for hydroxylation is 1. The maximum atomic E-state index is 12.1. The van der Waals surface area contributed by atoms with Crippen molar-refractivity contribution in [3.05, 3.63) is 47.2 Å². The number of aliphatic carboxylic acids is 1. The predicted octanol–water partition coefficient (Wildman–Crippen LogP) is 2.68. The van der Waals surface area contributed by atoms with Gasteiger partial charge in [-0.15, -0.1) is 0 Å². The van der Waals surface area contributed by atoms with Gasteiger partial charge in [0.15, 0.2) is 11.5 Å². The maximum absolute atomic E-state index is 12.1. The Morgan fingerprint density at radius 1 is 1.26 bits per heavy atom. The summed E-state index contributed by atoms with van der Waals surface area (Å²) in [5.74, 6) is -2.25. The Morgan fingerprint density at radius 2 is 2.00 bits per heavy atom. The van der Waals surface area contributed by atoms with E-state index in [2.05, 4.69) is 4.98 Å². The van der Waals surface area contributed by atoms with E-state index in [9.17, 15) is 14.7 Å². The number of aromatic nitrogens is 1. The van der Waals surface area contributed by atoms with E-state index in [1.165, 1.54) is 6.07 Å². The van der Waals surface area contributed by atoms with Gasteiger partial charge in [0.1, 0.15) is 11.8 Å². The van der Waals surface area contributed by atoms with Crippen LogP contribution in [0.15, 0.2) is 30.3 Å². The summed E-state index contributed by atoms with van der Waals surface area (Å²) in [4.78, 5) is 26.8. The average Bonchev–Trinajstić information content (AvgIpc) is 2.52. The number of benzene rings is 1. The van der Waals surface area contributed by atoms with Crippen LogP contribution in [0.3, 0.4) is 0 Å². The minimum atomic E-state index is -1.12. The van der Waals surface area contributed by atoms with Crippen LogP contribution >= 0.6 is 0 Å². The molecule has 0 radical (unpaired) electrons. The number of carbonyl (C=O) groups excluding carboxylic acids is 1. The van der Waals surface area contributed by atoms with E-state index in [1.54, 1.807) is 6.07 Å². The molecule has 0 aliphatic heterocycles. The zero-order valence-electron chi connectivity index (χ0n) is 12.4. The van der Waals surface area contributed by atoms with Gasteiger partial charge in [0, 0.05) is 12.0 Å². The number of carbonyl (C=O) groups is 2. The summed E-state index contributed by atoms with van der Waals surface area (Å²) in [5.41, 5.74) is 1.71. The average molecular weight is 310 g/mol. The van der Waals surface area contributed by atoms with Crippen molar-refractivity contribution in [1.82, 2.24) is 4.98 Å². The standard InChI is InChI=1S/C17H14N2O4/c1-10-3-2-4-11(7-10)13-8-12(9-18)17(23)16(19-13)14(20)5-6-15(21)22/h2-4,7-8,23H,5-6H2,1H3,(H,21,22). The summed E-state index contributed by atoms with van der Waals surface area (Å²) in [6.07, 6.45) is -0.658. The highest BCUT2D eigenvalue weighted by Gasteiger charge is 2.19. The highest BCUT2D eigenvalue weighted by Crippen LogP contribution is 2.28. The van der Waals surface area contributed by atoms with Gasteiger partial charge < -0.3 is 10.2 Å². The van der Waals surface area contributed by atoms with Crippen LogP contribution in [0.25, 0.3) is 11.3 Å². The van der Waals surface area contributed by atoms with Gasteiger partial charge in [-0.1, -0.05) is 23.8 Å². The number of nitrogens with zero attached hydrogens (tertiary/aromatic N) is 2. The molecule has 0 saturated heterocycles. The molecular formula is C17H14N2O4. The Kier molecular flexibility index (Phi) is 4.72. The van der Waals surface area contributed by atoms with Crippen LogP contribution in [-0.4, -0.2) is 26.9 Å². The van der Waals surface area contributed by atoms with Crippen molar-refractivity contribution in [2.45, 2.75) is 19.8 Å². The third-order valence-electron chi connectivity index (χ3n) is 3.26. The molecule has 0 aliphatic rings. The predicted molar refractivity (Wildman–Crippen MR) is 82.0 cm³/mol. The molecule has 0 spiro atoms. The van der Waals surface area contributed by atoms with Crippen LogP contribution in [0.1, 0.15) is 34.5 Å². The molecule has 6 heteroatoms. The molecule has 1 aromatic heterocycles. The van der Waals surface area contributed by atoms with Crippen molar-refractivity contribution in [1.29, 1.82) is 5.26 Å². The second kappa shape index (κ2) is 6.71. The first kappa shape index (κ1) is 16.2. The summed E-state index contributed by atoms with van der Waals surface area (Å²) in [6, 6.07) is 10.6. The molecule has 23 heavy (non-hydrogen) atoms.